The highest BCUT2D eigenvalue weighted by atomic mass is 16.3. The van der Waals surface area contributed by atoms with Crippen molar-refractivity contribution in [2.45, 2.75) is 0 Å². The number of hydrogen-bond acceptors (Lipinski definition) is 5. The molecule has 0 aliphatic rings. The summed E-state index contributed by atoms with van der Waals surface area (Å²) >= 11 is 0. The van der Waals surface area contributed by atoms with Gasteiger partial charge in [-0.25, -0.2) is 9.97 Å². The maximum atomic E-state index is 6.25. The maximum absolute atomic E-state index is 6.25. The zero-order valence-electron chi connectivity index (χ0n) is 32.2. The van der Waals surface area contributed by atoms with Crippen molar-refractivity contribution in [1.82, 2.24) is 15.0 Å². The van der Waals surface area contributed by atoms with E-state index in [1.165, 1.54) is 0 Å². The molecule has 280 valence electrons. The van der Waals surface area contributed by atoms with Gasteiger partial charge in [-0.2, -0.15) is 0 Å². The Morgan fingerprint density at radius 2 is 0.867 bits per heavy atom. The average molecular weight is 768 g/mol. The summed E-state index contributed by atoms with van der Waals surface area (Å²) in [5.41, 5.74) is 14.4. The number of rotatable bonds is 6. The molecule has 0 N–H and O–H groups in total. The Hall–Kier alpha value is -8.15. The smallest absolute Gasteiger partial charge is 0.161 e. The first-order valence-electron chi connectivity index (χ1n) is 20.1. The molecule has 0 aliphatic carbocycles. The van der Waals surface area contributed by atoms with Gasteiger partial charge < -0.3 is 8.83 Å². The van der Waals surface area contributed by atoms with Crippen LogP contribution in [-0.2, 0) is 0 Å². The fourth-order valence-corrected chi connectivity index (χ4v) is 8.67. The van der Waals surface area contributed by atoms with Crippen LogP contribution >= 0.6 is 0 Å². The SMILES string of the molecule is c1cncc(-c2ccccc2-c2nc(-c3cc(-c4ccc5oc6ccccc6c5c4)cc(-c4ccc5oc6ccccc6c5c4)c3)cc(-c3cccc4ccccc34)n2)c1. The van der Waals surface area contributed by atoms with Crippen LogP contribution in [0.2, 0.25) is 0 Å². The summed E-state index contributed by atoms with van der Waals surface area (Å²) in [6.07, 6.45) is 3.69. The van der Waals surface area contributed by atoms with Gasteiger partial charge in [0.2, 0.25) is 0 Å². The molecular formula is C55H33N3O2. The Bertz CT molecular complexity index is 3480. The van der Waals surface area contributed by atoms with E-state index in [2.05, 4.69) is 157 Å². The van der Waals surface area contributed by atoms with Crippen molar-refractivity contribution >= 4 is 54.6 Å². The Morgan fingerprint density at radius 1 is 0.317 bits per heavy atom. The molecule has 4 aromatic heterocycles. The number of benzene rings is 8. The monoisotopic (exact) mass is 767 g/mol. The first kappa shape index (κ1) is 33.9. The van der Waals surface area contributed by atoms with Gasteiger partial charge in [-0.05, 0) is 105 Å². The van der Waals surface area contributed by atoms with Gasteiger partial charge in [-0.15, -0.1) is 0 Å². The van der Waals surface area contributed by atoms with Crippen LogP contribution in [-0.4, -0.2) is 15.0 Å². The summed E-state index contributed by atoms with van der Waals surface area (Å²) in [6.45, 7) is 0. The fraction of sp³-hybridized carbons (Fsp3) is 0. The van der Waals surface area contributed by atoms with Crippen LogP contribution in [0, 0.1) is 0 Å². The third-order valence-corrected chi connectivity index (χ3v) is 11.6. The third kappa shape index (κ3) is 5.75. The highest BCUT2D eigenvalue weighted by molar-refractivity contribution is 6.08. The molecule has 0 saturated carbocycles. The Morgan fingerprint density at radius 3 is 1.55 bits per heavy atom. The lowest BCUT2D eigenvalue weighted by Gasteiger charge is -2.15. The van der Waals surface area contributed by atoms with Crippen LogP contribution in [0.25, 0.3) is 122 Å². The molecule has 5 heteroatoms. The lowest BCUT2D eigenvalue weighted by atomic mass is 9.93. The summed E-state index contributed by atoms with van der Waals surface area (Å²) < 4.78 is 12.5. The molecule has 5 nitrogen and oxygen atoms in total. The molecule has 4 heterocycles. The van der Waals surface area contributed by atoms with E-state index in [9.17, 15) is 0 Å². The summed E-state index contributed by atoms with van der Waals surface area (Å²) in [5.74, 6) is 0.638. The van der Waals surface area contributed by atoms with Crippen molar-refractivity contribution < 1.29 is 8.83 Å². The van der Waals surface area contributed by atoms with Gasteiger partial charge in [0, 0.05) is 56.2 Å². The van der Waals surface area contributed by atoms with Crippen LogP contribution in [0.5, 0.6) is 0 Å². The van der Waals surface area contributed by atoms with E-state index in [0.717, 1.165) is 116 Å². The summed E-state index contributed by atoms with van der Waals surface area (Å²) in [7, 11) is 0. The van der Waals surface area contributed by atoms with Crippen molar-refractivity contribution in [2.24, 2.45) is 0 Å². The molecule has 12 rings (SSSR count). The number of furan rings is 2. The van der Waals surface area contributed by atoms with Gasteiger partial charge in [0.25, 0.3) is 0 Å². The molecule has 0 radical (unpaired) electrons. The topological polar surface area (TPSA) is 65.0 Å². The van der Waals surface area contributed by atoms with Crippen molar-refractivity contribution in [2.75, 3.05) is 0 Å². The number of aromatic nitrogens is 3. The number of fused-ring (bicyclic) bond motifs is 7. The minimum atomic E-state index is 0.638. The van der Waals surface area contributed by atoms with Crippen LogP contribution < -0.4 is 0 Å². The zero-order valence-corrected chi connectivity index (χ0v) is 32.2. The summed E-state index contributed by atoms with van der Waals surface area (Å²) in [6, 6.07) is 65.6. The molecule has 0 bridgehead atoms. The van der Waals surface area contributed by atoms with Crippen molar-refractivity contribution in [1.29, 1.82) is 0 Å². The highest BCUT2D eigenvalue weighted by Crippen LogP contribution is 2.40. The molecule has 0 saturated heterocycles. The van der Waals surface area contributed by atoms with E-state index >= 15 is 0 Å². The maximum Gasteiger partial charge on any atom is 0.161 e. The number of pyridine rings is 1. The van der Waals surface area contributed by atoms with Gasteiger partial charge in [-0.1, -0.05) is 121 Å². The molecule has 0 fully saturated rings. The lowest BCUT2D eigenvalue weighted by Crippen LogP contribution is -1.98. The van der Waals surface area contributed by atoms with Gasteiger partial charge in [0.1, 0.15) is 22.3 Å². The molecule has 8 aromatic carbocycles. The quantitative estimate of drug-likeness (QED) is 0.169. The largest absolute Gasteiger partial charge is 0.456 e. The molecule has 60 heavy (non-hydrogen) atoms. The summed E-state index contributed by atoms with van der Waals surface area (Å²) in [4.78, 5) is 15.2. The van der Waals surface area contributed by atoms with Gasteiger partial charge in [0.15, 0.2) is 5.82 Å². The number of nitrogens with zero attached hydrogens (tertiary/aromatic N) is 3. The van der Waals surface area contributed by atoms with Crippen molar-refractivity contribution in [3.05, 3.63) is 200 Å². The number of hydrogen-bond donors (Lipinski definition) is 0. The molecular weight excluding hydrogens is 735 g/mol. The first-order chi connectivity index (χ1) is 29.7. The molecule has 0 atom stereocenters. The van der Waals surface area contributed by atoms with E-state index in [1.807, 2.05) is 42.6 Å². The molecule has 12 aromatic rings. The Balaban J connectivity index is 1.12. The third-order valence-electron chi connectivity index (χ3n) is 11.6. The zero-order chi connectivity index (χ0) is 39.6. The van der Waals surface area contributed by atoms with Crippen LogP contribution in [0.4, 0.5) is 0 Å². The second-order valence-corrected chi connectivity index (χ2v) is 15.2. The standard InChI is InChI=1S/C55H33N3O2/c1-2-14-41-34(11-1)12-9-19-43(41)50-32-49(57-55(58-50)46-18-4-3-15-42(46)37-13-10-26-56-33-37)40-28-38(35-22-24-53-47(30-35)44-16-5-7-20-51(44)59-53)27-39(29-40)36-23-25-54-48(31-36)45-17-6-8-21-52(45)60-54/h1-33H. The van der Waals surface area contributed by atoms with Crippen molar-refractivity contribution in [3.8, 4) is 67.3 Å². The predicted octanol–water partition coefficient (Wildman–Crippen LogP) is 14.8. The Labute approximate surface area is 344 Å². The normalized spacial score (nSPS) is 11.7. The minimum absolute atomic E-state index is 0.638. The van der Waals surface area contributed by atoms with Gasteiger partial charge >= 0.3 is 0 Å². The highest BCUT2D eigenvalue weighted by Gasteiger charge is 2.18. The molecule has 0 amide bonds. The second kappa shape index (κ2) is 13.8. The van der Waals surface area contributed by atoms with Crippen molar-refractivity contribution in [3.63, 3.8) is 0 Å². The van der Waals surface area contributed by atoms with Crippen LogP contribution in [0.3, 0.4) is 0 Å². The van der Waals surface area contributed by atoms with E-state index in [-0.39, 0.29) is 0 Å². The molecule has 0 spiro atoms. The van der Waals surface area contributed by atoms with Gasteiger partial charge in [0.05, 0.1) is 11.4 Å². The molecule has 0 aliphatic heterocycles. The summed E-state index contributed by atoms with van der Waals surface area (Å²) in [5, 5.41) is 6.63. The fourth-order valence-electron chi connectivity index (χ4n) is 8.67. The van der Waals surface area contributed by atoms with E-state index < -0.39 is 0 Å². The van der Waals surface area contributed by atoms with E-state index in [0.29, 0.717) is 5.82 Å². The predicted molar refractivity (Wildman–Crippen MR) is 245 cm³/mol. The van der Waals surface area contributed by atoms with Gasteiger partial charge in [-0.3, -0.25) is 4.98 Å². The van der Waals surface area contributed by atoms with E-state index in [1.54, 1.807) is 6.20 Å². The van der Waals surface area contributed by atoms with E-state index in [4.69, 9.17) is 18.8 Å². The van der Waals surface area contributed by atoms with Crippen LogP contribution in [0.15, 0.2) is 209 Å². The Kier molecular flexibility index (Phi) is 7.78. The van der Waals surface area contributed by atoms with Crippen LogP contribution in [0.1, 0.15) is 0 Å². The average Bonchev–Trinajstić information content (AvgIpc) is 3.89. The number of para-hydroxylation sites is 2. The minimum Gasteiger partial charge on any atom is -0.456 e. The first-order valence-corrected chi connectivity index (χ1v) is 20.1. The molecule has 0 unspecified atom stereocenters. The second-order valence-electron chi connectivity index (χ2n) is 15.2. The lowest BCUT2D eigenvalue weighted by molar-refractivity contribution is 0.668.